The van der Waals surface area contributed by atoms with E-state index in [9.17, 15) is 14.0 Å². The van der Waals surface area contributed by atoms with E-state index in [4.69, 9.17) is 17.3 Å². The molecule has 8 heteroatoms. The van der Waals surface area contributed by atoms with Crippen LogP contribution >= 0.6 is 23.4 Å². The van der Waals surface area contributed by atoms with Crippen molar-refractivity contribution in [1.82, 2.24) is 9.55 Å². The van der Waals surface area contributed by atoms with Gasteiger partial charge in [-0.15, -0.1) is 0 Å². The lowest BCUT2D eigenvalue weighted by atomic mass is 10.1. The number of fused-ring (bicyclic) bond motifs is 1. The Hall–Kier alpha value is -3.16. The molecule has 0 aliphatic carbocycles. The van der Waals surface area contributed by atoms with Crippen LogP contribution in [0, 0.1) is 5.82 Å². The molecule has 5 nitrogen and oxygen atoms in total. The van der Waals surface area contributed by atoms with E-state index in [0.29, 0.717) is 22.3 Å². The zero-order valence-electron chi connectivity index (χ0n) is 16.2. The standard InChI is InChI=1S/C23H17ClFN3O2S/c24-15-11-9-14(10-12-15)13-20(21(26)29)31-23-27-18-7-3-1-5-16(18)22(30)28(23)19-8-4-2-6-17(19)25/h1-12,20H,13H2,(H2,26,29). The zero-order valence-corrected chi connectivity index (χ0v) is 17.7. The second-order valence-corrected chi connectivity index (χ2v) is 8.45. The van der Waals surface area contributed by atoms with Gasteiger partial charge in [-0.2, -0.15) is 0 Å². The Morgan fingerprint density at radius 2 is 1.74 bits per heavy atom. The van der Waals surface area contributed by atoms with Crippen LogP contribution in [0.1, 0.15) is 5.56 Å². The van der Waals surface area contributed by atoms with E-state index < -0.39 is 22.5 Å². The first-order valence-electron chi connectivity index (χ1n) is 9.41. The average molecular weight is 454 g/mol. The fourth-order valence-corrected chi connectivity index (χ4v) is 4.41. The fraction of sp³-hybridized carbons (Fsp3) is 0.0870. The summed E-state index contributed by atoms with van der Waals surface area (Å²) in [5, 5.41) is 0.388. The molecular weight excluding hydrogens is 437 g/mol. The third-order valence-corrected chi connectivity index (χ3v) is 6.16. The number of benzene rings is 3. The van der Waals surface area contributed by atoms with Gasteiger partial charge in [0.25, 0.3) is 5.56 Å². The number of para-hydroxylation sites is 2. The maximum Gasteiger partial charge on any atom is 0.266 e. The minimum atomic E-state index is -0.729. The molecule has 0 aliphatic rings. The molecule has 0 bridgehead atoms. The number of nitrogens with two attached hydrogens (primary N) is 1. The number of hydrogen-bond acceptors (Lipinski definition) is 4. The SMILES string of the molecule is NC(=O)C(Cc1ccc(Cl)cc1)Sc1nc2ccccc2c(=O)n1-c1ccccc1F. The smallest absolute Gasteiger partial charge is 0.266 e. The van der Waals surface area contributed by atoms with Crippen LogP contribution in [0.15, 0.2) is 82.7 Å². The molecule has 4 aromatic rings. The molecule has 1 atom stereocenters. The molecular formula is C23H17ClFN3O2S. The Morgan fingerprint density at radius 3 is 2.45 bits per heavy atom. The minimum absolute atomic E-state index is 0.0583. The summed E-state index contributed by atoms with van der Waals surface area (Å²) >= 11 is 6.97. The average Bonchev–Trinajstić information content (AvgIpc) is 2.76. The molecule has 3 aromatic carbocycles. The molecule has 0 saturated heterocycles. The Balaban J connectivity index is 1.84. The highest BCUT2D eigenvalue weighted by molar-refractivity contribution is 8.00. The first-order valence-corrected chi connectivity index (χ1v) is 10.7. The summed E-state index contributed by atoms with van der Waals surface area (Å²) in [5.41, 5.74) is 6.60. The second-order valence-electron chi connectivity index (χ2n) is 6.84. The number of carbonyl (C=O) groups excluding carboxylic acids is 1. The molecule has 156 valence electrons. The van der Waals surface area contributed by atoms with Crippen molar-refractivity contribution in [2.75, 3.05) is 0 Å². The normalized spacial score (nSPS) is 12.1. The van der Waals surface area contributed by atoms with Gasteiger partial charge in [-0.05, 0) is 48.4 Å². The van der Waals surface area contributed by atoms with Crippen molar-refractivity contribution in [3.63, 3.8) is 0 Å². The summed E-state index contributed by atoms with van der Waals surface area (Å²) in [4.78, 5) is 30.0. The second kappa shape index (κ2) is 8.91. The minimum Gasteiger partial charge on any atom is -0.369 e. The summed E-state index contributed by atoms with van der Waals surface area (Å²) in [5.74, 6) is -1.14. The summed E-state index contributed by atoms with van der Waals surface area (Å²) in [6.45, 7) is 0. The highest BCUT2D eigenvalue weighted by Gasteiger charge is 2.23. The van der Waals surface area contributed by atoms with Crippen LogP contribution in [-0.2, 0) is 11.2 Å². The number of thioether (sulfide) groups is 1. The molecule has 1 unspecified atom stereocenters. The summed E-state index contributed by atoms with van der Waals surface area (Å²) in [7, 11) is 0. The largest absolute Gasteiger partial charge is 0.369 e. The van der Waals surface area contributed by atoms with Crippen molar-refractivity contribution >= 4 is 40.2 Å². The van der Waals surface area contributed by atoms with E-state index in [0.717, 1.165) is 17.3 Å². The van der Waals surface area contributed by atoms with Crippen molar-refractivity contribution in [3.8, 4) is 5.69 Å². The Labute approximate surface area is 186 Å². The predicted octanol–water partition coefficient (Wildman–Crippen LogP) is 4.37. The summed E-state index contributed by atoms with van der Waals surface area (Å²) in [6, 6.07) is 19.8. The molecule has 0 fully saturated rings. The van der Waals surface area contributed by atoms with E-state index in [1.807, 2.05) is 0 Å². The Kier molecular flexibility index (Phi) is 6.06. The number of primary amides is 1. The number of hydrogen-bond donors (Lipinski definition) is 1. The van der Waals surface area contributed by atoms with Crippen LogP contribution in [0.2, 0.25) is 5.02 Å². The topological polar surface area (TPSA) is 78.0 Å². The molecule has 0 aliphatic heterocycles. The number of carbonyl (C=O) groups is 1. The molecule has 1 amide bonds. The van der Waals surface area contributed by atoms with Gasteiger partial charge in [0.1, 0.15) is 5.82 Å². The third kappa shape index (κ3) is 4.47. The highest BCUT2D eigenvalue weighted by atomic mass is 35.5. The first-order chi connectivity index (χ1) is 14.9. The van der Waals surface area contributed by atoms with E-state index >= 15 is 0 Å². The lowest BCUT2D eigenvalue weighted by Gasteiger charge is -2.17. The number of rotatable bonds is 6. The van der Waals surface area contributed by atoms with Gasteiger partial charge in [0.2, 0.25) is 5.91 Å². The van der Waals surface area contributed by atoms with Crippen LogP contribution in [0.5, 0.6) is 0 Å². The maximum atomic E-state index is 14.6. The van der Waals surface area contributed by atoms with Gasteiger partial charge >= 0.3 is 0 Å². The lowest BCUT2D eigenvalue weighted by molar-refractivity contribution is -0.117. The van der Waals surface area contributed by atoms with E-state index in [1.165, 1.54) is 22.8 Å². The van der Waals surface area contributed by atoms with Crippen molar-refractivity contribution in [2.45, 2.75) is 16.8 Å². The van der Waals surface area contributed by atoms with Crippen LogP contribution < -0.4 is 11.3 Å². The van der Waals surface area contributed by atoms with Crippen molar-refractivity contribution < 1.29 is 9.18 Å². The predicted molar refractivity (Wildman–Crippen MR) is 121 cm³/mol. The van der Waals surface area contributed by atoms with E-state index in [2.05, 4.69) is 4.98 Å². The molecule has 0 spiro atoms. The van der Waals surface area contributed by atoms with Gasteiger partial charge in [-0.1, -0.05) is 59.8 Å². The van der Waals surface area contributed by atoms with Crippen molar-refractivity contribution in [1.29, 1.82) is 0 Å². The van der Waals surface area contributed by atoms with Crippen LogP contribution in [-0.4, -0.2) is 20.7 Å². The van der Waals surface area contributed by atoms with E-state index in [-0.39, 0.29) is 10.8 Å². The van der Waals surface area contributed by atoms with Crippen molar-refractivity contribution in [3.05, 3.63) is 99.6 Å². The van der Waals surface area contributed by atoms with Gasteiger partial charge in [-0.25, -0.2) is 9.37 Å². The quantitative estimate of drug-likeness (QED) is 0.347. The van der Waals surface area contributed by atoms with Gasteiger partial charge < -0.3 is 5.73 Å². The van der Waals surface area contributed by atoms with Crippen LogP contribution in [0.3, 0.4) is 0 Å². The third-order valence-electron chi connectivity index (χ3n) is 4.74. The molecule has 2 N–H and O–H groups in total. The number of aromatic nitrogens is 2. The Bertz CT molecular complexity index is 1320. The van der Waals surface area contributed by atoms with Crippen LogP contribution in [0.25, 0.3) is 16.6 Å². The van der Waals surface area contributed by atoms with Crippen molar-refractivity contribution in [2.24, 2.45) is 5.73 Å². The fourth-order valence-electron chi connectivity index (χ4n) is 3.20. The molecule has 4 rings (SSSR count). The van der Waals surface area contributed by atoms with E-state index in [1.54, 1.807) is 54.6 Å². The van der Waals surface area contributed by atoms with Gasteiger partial charge in [0, 0.05) is 5.02 Å². The molecule has 0 saturated carbocycles. The Morgan fingerprint density at radius 1 is 1.06 bits per heavy atom. The lowest BCUT2D eigenvalue weighted by Crippen LogP contribution is -2.30. The van der Waals surface area contributed by atoms with Gasteiger partial charge in [-0.3, -0.25) is 14.2 Å². The molecule has 31 heavy (non-hydrogen) atoms. The van der Waals surface area contributed by atoms with Gasteiger partial charge in [0.15, 0.2) is 5.16 Å². The molecule has 0 radical (unpaired) electrons. The summed E-state index contributed by atoms with van der Waals surface area (Å²) in [6.07, 6.45) is 0.303. The molecule has 1 aromatic heterocycles. The highest BCUT2D eigenvalue weighted by Crippen LogP contribution is 2.28. The number of nitrogens with zero attached hydrogens (tertiary/aromatic N) is 2. The molecule has 1 heterocycles. The number of halogens is 2. The zero-order chi connectivity index (χ0) is 22.0. The maximum absolute atomic E-state index is 14.6. The van der Waals surface area contributed by atoms with Gasteiger partial charge in [0.05, 0.1) is 21.8 Å². The van der Waals surface area contributed by atoms with Crippen LogP contribution in [0.4, 0.5) is 4.39 Å². The monoisotopic (exact) mass is 453 g/mol. The summed E-state index contributed by atoms with van der Waals surface area (Å²) < 4.78 is 15.8. The number of amides is 1. The first kappa shape index (κ1) is 21.1.